The fourth-order valence-electron chi connectivity index (χ4n) is 1.90. The molecule has 4 N–H and O–H groups in total. The molecule has 0 atom stereocenters. The third kappa shape index (κ3) is 6.31. The summed E-state index contributed by atoms with van der Waals surface area (Å²) in [5.41, 5.74) is 7.94. The number of aliphatic imine (C=N–C) groups is 1. The minimum atomic E-state index is -0.262. The highest BCUT2D eigenvalue weighted by atomic mass is 127. The zero-order valence-corrected chi connectivity index (χ0v) is 15.2. The Morgan fingerprint density at radius 3 is 2.83 bits per heavy atom. The van der Waals surface area contributed by atoms with Gasteiger partial charge in [0.25, 0.3) is 5.91 Å². The molecule has 0 radical (unpaired) electrons. The number of nitrogens with two attached hydrogens (primary N) is 1. The number of guanidine groups is 1. The van der Waals surface area contributed by atoms with Crippen molar-refractivity contribution in [1.82, 2.24) is 5.32 Å². The van der Waals surface area contributed by atoms with Crippen molar-refractivity contribution in [2.75, 3.05) is 18.4 Å². The van der Waals surface area contributed by atoms with Gasteiger partial charge in [0.1, 0.15) is 0 Å². The fraction of sp³-hybridized carbons (Fsp3) is 0.250. The highest BCUT2D eigenvalue weighted by Crippen LogP contribution is 2.10. The minimum absolute atomic E-state index is 0. The van der Waals surface area contributed by atoms with E-state index >= 15 is 0 Å². The van der Waals surface area contributed by atoms with Gasteiger partial charge in [-0.1, -0.05) is 19.1 Å². The zero-order chi connectivity index (χ0) is 15.8. The zero-order valence-electron chi connectivity index (χ0n) is 12.9. The van der Waals surface area contributed by atoms with E-state index in [1.807, 2.05) is 18.2 Å². The van der Waals surface area contributed by atoms with Crippen LogP contribution in [0.1, 0.15) is 23.0 Å². The molecular weight excluding hydrogens is 407 g/mol. The van der Waals surface area contributed by atoms with Crippen LogP contribution in [0.15, 0.2) is 52.1 Å². The van der Waals surface area contributed by atoms with Gasteiger partial charge in [-0.15, -0.1) is 24.0 Å². The molecule has 2 aromatic rings. The van der Waals surface area contributed by atoms with Crippen molar-refractivity contribution >= 4 is 41.5 Å². The van der Waals surface area contributed by atoms with Gasteiger partial charge in [0.05, 0.1) is 12.8 Å². The van der Waals surface area contributed by atoms with Crippen LogP contribution in [-0.4, -0.2) is 25.0 Å². The maximum absolute atomic E-state index is 11.6. The number of rotatable bonds is 6. The number of nitrogens with zero attached hydrogens (tertiary/aromatic N) is 1. The number of benzene rings is 1. The van der Waals surface area contributed by atoms with Crippen LogP contribution < -0.4 is 16.4 Å². The Kier molecular flexibility index (Phi) is 8.17. The lowest BCUT2D eigenvalue weighted by molar-refractivity contribution is 0.0927. The Labute approximate surface area is 152 Å². The van der Waals surface area contributed by atoms with Gasteiger partial charge in [-0.25, -0.2) is 0 Å². The van der Waals surface area contributed by atoms with Crippen LogP contribution in [0.2, 0.25) is 0 Å². The van der Waals surface area contributed by atoms with Gasteiger partial charge in [-0.05, 0) is 36.2 Å². The molecule has 0 saturated heterocycles. The molecule has 6 nitrogen and oxygen atoms in total. The molecule has 0 aliphatic heterocycles. The van der Waals surface area contributed by atoms with Crippen LogP contribution in [0.25, 0.3) is 0 Å². The number of carbonyl (C=O) groups excluding carboxylic acids is 1. The first-order valence-corrected chi connectivity index (χ1v) is 7.16. The Morgan fingerprint density at radius 1 is 1.30 bits per heavy atom. The summed E-state index contributed by atoms with van der Waals surface area (Å²) < 4.78 is 4.99. The van der Waals surface area contributed by atoms with E-state index in [1.54, 1.807) is 12.1 Å². The summed E-state index contributed by atoms with van der Waals surface area (Å²) in [4.78, 5) is 15.8. The van der Waals surface area contributed by atoms with E-state index in [2.05, 4.69) is 28.6 Å². The molecule has 0 aliphatic carbocycles. The van der Waals surface area contributed by atoms with Crippen molar-refractivity contribution in [2.24, 2.45) is 10.7 Å². The number of halogens is 1. The summed E-state index contributed by atoms with van der Waals surface area (Å²) in [5.74, 6) is 0.342. The summed E-state index contributed by atoms with van der Waals surface area (Å²) in [6.45, 7) is 2.87. The lowest BCUT2D eigenvalue weighted by Gasteiger charge is -2.07. The number of anilines is 1. The van der Waals surface area contributed by atoms with E-state index < -0.39 is 0 Å². The summed E-state index contributed by atoms with van der Waals surface area (Å²) in [5, 5.41) is 5.73. The van der Waals surface area contributed by atoms with Crippen molar-refractivity contribution in [3.63, 3.8) is 0 Å². The topological polar surface area (TPSA) is 92.6 Å². The summed E-state index contributed by atoms with van der Waals surface area (Å²) in [6.07, 6.45) is 2.42. The van der Waals surface area contributed by atoms with Crippen molar-refractivity contribution in [3.8, 4) is 0 Å². The van der Waals surface area contributed by atoms with Crippen molar-refractivity contribution in [1.29, 1.82) is 0 Å². The van der Waals surface area contributed by atoms with Crippen LogP contribution in [-0.2, 0) is 6.42 Å². The van der Waals surface area contributed by atoms with Gasteiger partial charge in [-0.3, -0.25) is 9.79 Å². The molecule has 0 aliphatic rings. The maximum atomic E-state index is 11.6. The van der Waals surface area contributed by atoms with Gasteiger partial charge in [0, 0.05) is 12.2 Å². The minimum Gasteiger partial charge on any atom is -0.459 e. The first-order chi connectivity index (χ1) is 10.7. The molecule has 0 spiro atoms. The quantitative estimate of drug-likeness (QED) is 0.286. The van der Waals surface area contributed by atoms with E-state index in [9.17, 15) is 4.79 Å². The molecule has 0 unspecified atom stereocenters. The molecule has 7 heteroatoms. The molecule has 0 bridgehead atoms. The predicted molar refractivity (Wildman–Crippen MR) is 102 cm³/mol. The smallest absolute Gasteiger partial charge is 0.287 e. The average Bonchev–Trinajstić information content (AvgIpc) is 3.06. The van der Waals surface area contributed by atoms with Crippen molar-refractivity contribution in [2.45, 2.75) is 13.3 Å². The van der Waals surface area contributed by atoms with Gasteiger partial charge in [0.15, 0.2) is 11.7 Å². The maximum Gasteiger partial charge on any atom is 0.287 e. The molecule has 1 aromatic carbocycles. The van der Waals surface area contributed by atoms with Gasteiger partial charge < -0.3 is 20.8 Å². The highest BCUT2D eigenvalue weighted by molar-refractivity contribution is 14.0. The van der Waals surface area contributed by atoms with Crippen molar-refractivity contribution < 1.29 is 9.21 Å². The molecule has 2 rings (SSSR count). The second kappa shape index (κ2) is 9.88. The SMILES string of the molecule is CCc1cccc(NC(N)=NCCNC(=O)c2ccco2)c1.I. The van der Waals surface area contributed by atoms with E-state index in [-0.39, 0.29) is 35.6 Å². The molecule has 23 heavy (non-hydrogen) atoms. The number of carbonyl (C=O) groups is 1. The van der Waals surface area contributed by atoms with Gasteiger partial charge >= 0.3 is 0 Å². The largest absolute Gasteiger partial charge is 0.459 e. The number of hydrogen-bond donors (Lipinski definition) is 3. The first kappa shape index (κ1) is 19.0. The van der Waals surface area contributed by atoms with Gasteiger partial charge in [-0.2, -0.15) is 0 Å². The van der Waals surface area contributed by atoms with Crippen LogP contribution in [0.3, 0.4) is 0 Å². The molecule has 0 saturated carbocycles. The van der Waals surface area contributed by atoms with Crippen LogP contribution >= 0.6 is 24.0 Å². The first-order valence-electron chi connectivity index (χ1n) is 7.16. The number of aryl methyl sites for hydroxylation is 1. The Balaban J connectivity index is 0.00000264. The molecule has 124 valence electrons. The summed E-state index contributed by atoms with van der Waals surface area (Å²) in [6, 6.07) is 11.3. The number of amides is 1. The van der Waals surface area contributed by atoms with Crippen LogP contribution in [0, 0.1) is 0 Å². The number of nitrogens with one attached hydrogen (secondary N) is 2. The molecule has 1 amide bonds. The monoisotopic (exact) mass is 428 g/mol. The van der Waals surface area contributed by atoms with Crippen molar-refractivity contribution in [3.05, 3.63) is 54.0 Å². The standard InChI is InChI=1S/C16H20N4O2.HI/c1-2-12-5-3-6-13(11-12)20-16(17)19-9-8-18-15(21)14-7-4-10-22-14;/h3-7,10-11H,2,8-9H2,1H3,(H,18,21)(H3,17,19,20);1H. The molecule has 0 fully saturated rings. The second-order valence-corrected chi connectivity index (χ2v) is 4.68. The Morgan fingerprint density at radius 2 is 2.13 bits per heavy atom. The Bertz CT molecular complexity index is 641. The van der Waals surface area contributed by atoms with E-state index in [4.69, 9.17) is 10.2 Å². The third-order valence-electron chi connectivity index (χ3n) is 3.03. The Hall–Kier alpha value is -2.03. The highest BCUT2D eigenvalue weighted by Gasteiger charge is 2.06. The number of furan rings is 1. The third-order valence-corrected chi connectivity index (χ3v) is 3.03. The fourth-order valence-corrected chi connectivity index (χ4v) is 1.90. The lowest BCUT2D eigenvalue weighted by Crippen LogP contribution is -2.28. The van der Waals surface area contributed by atoms with E-state index in [0.717, 1.165) is 12.1 Å². The summed E-state index contributed by atoms with van der Waals surface area (Å²) >= 11 is 0. The average molecular weight is 428 g/mol. The normalized spacial score (nSPS) is 10.7. The number of hydrogen-bond acceptors (Lipinski definition) is 3. The lowest BCUT2D eigenvalue weighted by atomic mass is 10.1. The van der Waals surface area contributed by atoms with Gasteiger partial charge in [0.2, 0.25) is 0 Å². The van der Waals surface area contributed by atoms with E-state index in [0.29, 0.717) is 19.0 Å². The second-order valence-electron chi connectivity index (χ2n) is 4.68. The summed E-state index contributed by atoms with van der Waals surface area (Å²) in [7, 11) is 0. The van der Waals surface area contributed by atoms with E-state index in [1.165, 1.54) is 11.8 Å². The van der Waals surface area contributed by atoms with Crippen LogP contribution in [0.5, 0.6) is 0 Å². The molecule has 1 aromatic heterocycles. The van der Waals surface area contributed by atoms with Crippen LogP contribution in [0.4, 0.5) is 5.69 Å². The molecule has 1 heterocycles. The predicted octanol–water partition coefficient (Wildman–Crippen LogP) is 2.62. The molecular formula is C16H21IN4O2.